The van der Waals surface area contributed by atoms with E-state index in [9.17, 15) is 27.2 Å². The molecule has 2 atom stereocenters. The number of carbonyl (C=O) groups is 2. The van der Waals surface area contributed by atoms with E-state index < -0.39 is 35.8 Å². The predicted molar refractivity (Wildman–Crippen MR) is 103 cm³/mol. The number of aromatic nitrogens is 1. The fraction of sp³-hybridized carbons (Fsp3) is 0.450. The van der Waals surface area contributed by atoms with Crippen LogP contribution in [0, 0.1) is 5.82 Å². The van der Waals surface area contributed by atoms with Crippen molar-refractivity contribution in [2.75, 3.05) is 6.54 Å². The van der Waals surface area contributed by atoms with Crippen LogP contribution in [0.5, 0.6) is 0 Å². The molecule has 0 bridgehead atoms. The van der Waals surface area contributed by atoms with E-state index in [-0.39, 0.29) is 11.6 Å². The minimum atomic E-state index is -5.10. The highest BCUT2D eigenvalue weighted by atomic mass is 32.1. The van der Waals surface area contributed by atoms with Crippen LogP contribution in [0.2, 0.25) is 0 Å². The molecule has 2 N–H and O–H groups in total. The average Bonchev–Trinajstić information content (AvgIpc) is 3.23. The van der Waals surface area contributed by atoms with Gasteiger partial charge < -0.3 is 10.6 Å². The molecule has 30 heavy (non-hydrogen) atoms. The van der Waals surface area contributed by atoms with Gasteiger partial charge in [0.15, 0.2) is 0 Å². The number of rotatable bonds is 6. The van der Waals surface area contributed by atoms with Crippen LogP contribution in [0.3, 0.4) is 0 Å². The minimum absolute atomic E-state index is 0.0229. The van der Waals surface area contributed by atoms with E-state index in [0.29, 0.717) is 29.8 Å². The summed E-state index contributed by atoms with van der Waals surface area (Å²) in [4.78, 5) is 29.9. The van der Waals surface area contributed by atoms with Gasteiger partial charge in [0.1, 0.15) is 17.6 Å². The number of carbonyl (C=O) groups excluding carboxylic acids is 2. The molecule has 1 aliphatic carbocycles. The number of nitrogens with one attached hydrogen (secondary N) is 2. The monoisotopic (exact) mass is 441 g/mol. The van der Waals surface area contributed by atoms with Crippen molar-refractivity contribution in [1.82, 2.24) is 15.6 Å². The second-order valence-corrected chi connectivity index (χ2v) is 8.56. The highest BCUT2D eigenvalue weighted by molar-refractivity contribution is 7.15. The van der Waals surface area contributed by atoms with Crippen molar-refractivity contribution in [1.29, 1.82) is 0 Å². The molecule has 2 unspecified atom stereocenters. The molecule has 1 saturated heterocycles. The van der Waals surface area contributed by atoms with Gasteiger partial charge in [-0.2, -0.15) is 13.2 Å². The van der Waals surface area contributed by atoms with Crippen molar-refractivity contribution in [3.8, 4) is 10.4 Å². The molecule has 1 amide bonds. The molecule has 2 aromatic rings. The number of Topliss-reactive ketones (excluding diaryl/α,β-unsaturated/α-hetero) is 1. The molecule has 2 fully saturated rings. The zero-order valence-corrected chi connectivity index (χ0v) is 16.6. The molecule has 1 saturated carbocycles. The summed E-state index contributed by atoms with van der Waals surface area (Å²) in [5.74, 6) is -3.04. The number of benzene rings is 1. The fourth-order valence-corrected chi connectivity index (χ4v) is 4.77. The van der Waals surface area contributed by atoms with E-state index in [2.05, 4.69) is 10.3 Å². The maximum atomic E-state index is 13.4. The summed E-state index contributed by atoms with van der Waals surface area (Å²) >= 11 is 1.29. The molecule has 2 aliphatic rings. The van der Waals surface area contributed by atoms with Crippen LogP contribution < -0.4 is 10.6 Å². The lowest BCUT2D eigenvalue weighted by Crippen LogP contribution is -2.55. The Kier molecular flexibility index (Phi) is 5.63. The largest absolute Gasteiger partial charge is 0.471 e. The molecule has 5 nitrogen and oxygen atoms in total. The molecule has 10 heteroatoms. The SMILES string of the molecule is O=C(c1nc(C2CC2)sc1-c1ccc(F)cc1)C(NC(=O)C(F)(F)F)C1CCCN1. The number of alkyl halides is 3. The molecule has 2 heterocycles. The maximum absolute atomic E-state index is 13.4. The Balaban J connectivity index is 1.71. The van der Waals surface area contributed by atoms with Crippen LogP contribution in [0.1, 0.15) is 47.1 Å². The van der Waals surface area contributed by atoms with Gasteiger partial charge in [0.05, 0.1) is 9.88 Å². The van der Waals surface area contributed by atoms with Gasteiger partial charge in [-0.3, -0.25) is 9.59 Å². The highest BCUT2D eigenvalue weighted by Crippen LogP contribution is 2.45. The summed E-state index contributed by atoms with van der Waals surface area (Å²) in [5.41, 5.74) is 0.583. The number of ketones is 1. The number of halogens is 4. The summed E-state index contributed by atoms with van der Waals surface area (Å²) in [6, 6.07) is 3.51. The third-order valence-electron chi connectivity index (χ3n) is 5.24. The zero-order chi connectivity index (χ0) is 21.5. The molecule has 0 spiro atoms. The first-order valence-corrected chi connectivity index (χ1v) is 10.5. The molecule has 160 valence electrons. The lowest BCUT2D eigenvalue weighted by atomic mass is 9.98. The van der Waals surface area contributed by atoms with Gasteiger partial charge in [0, 0.05) is 12.0 Å². The summed E-state index contributed by atoms with van der Waals surface area (Å²) in [6.45, 7) is 0.547. The number of nitrogens with zero attached hydrogens (tertiary/aromatic N) is 1. The van der Waals surface area contributed by atoms with Crippen molar-refractivity contribution < 1.29 is 27.2 Å². The summed E-state index contributed by atoms with van der Waals surface area (Å²) in [7, 11) is 0. The molecule has 1 aliphatic heterocycles. The van der Waals surface area contributed by atoms with Crippen LogP contribution in [0.25, 0.3) is 10.4 Å². The highest BCUT2D eigenvalue weighted by Gasteiger charge is 2.44. The van der Waals surface area contributed by atoms with Gasteiger partial charge in [0.25, 0.3) is 0 Å². The van der Waals surface area contributed by atoms with Gasteiger partial charge >= 0.3 is 12.1 Å². The van der Waals surface area contributed by atoms with Crippen molar-refractivity contribution in [3.05, 3.63) is 40.8 Å². The first-order valence-electron chi connectivity index (χ1n) is 9.66. The standard InChI is InChI=1S/C20H19F4N3O2S/c21-12-7-5-10(6-8-12)17-15(26-18(30-17)11-3-4-11)16(28)14(13-2-1-9-25-13)27-19(29)20(22,23)24/h5-8,11,13-14,25H,1-4,9H2,(H,27,29). The van der Waals surface area contributed by atoms with Crippen molar-refractivity contribution in [2.45, 2.75) is 49.9 Å². The summed E-state index contributed by atoms with van der Waals surface area (Å²) < 4.78 is 52.0. The Bertz CT molecular complexity index is 948. The maximum Gasteiger partial charge on any atom is 0.471 e. The Morgan fingerprint density at radius 1 is 1.17 bits per heavy atom. The second-order valence-electron chi connectivity index (χ2n) is 7.53. The van der Waals surface area contributed by atoms with Crippen LogP contribution >= 0.6 is 11.3 Å². The number of hydrogen-bond donors (Lipinski definition) is 2. The van der Waals surface area contributed by atoms with Gasteiger partial charge in [-0.1, -0.05) is 12.1 Å². The van der Waals surface area contributed by atoms with Crippen LogP contribution in [0.15, 0.2) is 24.3 Å². The molecule has 1 aromatic carbocycles. The fourth-order valence-electron chi connectivity index (χ4n) is 3.52. The molecular weight excluding hydrogens is 422 g/mol. The Hall–Kier alpha value is -2.33. The van der Waals surface area contributed by atoms with Crippen molar-refractivity contribution >= 4 is 23.0 Å². The number of hydrogen-bond acceptors (Lipinski definition) is 5. The van der Waals surface area contributed by atoms with Gasteiger partial charge in [-0.15, -0.1) is 11.3 Å². The predicted octanol–water partition coefficient (Wildman–Crippen LogP) is 3.81. The first kappa shape index (κ1) is 20.9. The smallest absolute Gasteiger partial charge is 0.336 e. The Labute approximate surface area is 173 Å². The Morgan fingerprint density at radius 2 is 1.87 bits per heavy atom. The Morgan fingerprint density at radius 3 is 2.43 bits per heavy atom. The van der Waals surface area contributed by atoms with Crippen LogP contribution in [0.4, 0.5) is 17.6 Å². The van der Waals surface area contributed by atoms with E-state index in [1.807, 2.05) is 5.32 Å². The van der Waals surface area contributed by atoms with E-state index >= 15 is 0 Å². The summed E-state index contributed by atoms with van der Waals surface area (Å²) in [6.07, 6.45) is -2.09. The van der Waals surface area contributed by atoms with Gasteiger partial charge in [-0.05, 0) is 49.9 Å². The zero-order valence-electron chi connectivity index (χ0n) is 15.8. The van der Waals surface area contributed by atoms with Crippen molar-refractivity contribution in [2.24, 2.45) is 0 Å². The molecular formula is C20H19F4N3O2S. The third-order valence-corrected chi connectivity index (χ3v) is 6.50. The first-order chi connectivity index (χ1) is 14.2. The average molecular weight is 441 g/mol. The minimum Gasteiger partial charge on any atom is -0.336 e. The molecule has 1 aromatic heterocycles. The third kappa shape index (κ3) is 4.39. The van der Waals surface area contributed by atoms with Crippen LogP contribution in [-0.4, -0.2) is 41.5 Å². The van der Waals surface area contributed by atoms with Crippen molar-refractivity contribution in [3.63, 3.8) is 0 Å². The number of thiazole rings is 1. The van der Waals surface area contributed by atoms with Crippen LogP contribution in [-0.2, 0) is 4.79 Å². The number of amides is 1. The topological polar surface area (TPSA) is 71.1 Å². The van der Waals surface area contributed by atoms with E-state index in [4.69, 9.17) is 0 Å². The summed E-state index contributed by atoms with van der Waals surface area (Å²) in [5, 5.41) is 5.60. The van der Waals surface area contributed by atoms with E-state index in [1.165, 1.54) is 35.6 Å². The second kappa shape index (κ2) is 8.07. The lowest BCUT2D eigenvalue weighted by Gasteiger charge is -2.24. The lowest BCUT2D eigenvalue weighted by molar-refractivity contribution is -0.174. The normalized spacial score (nSPS) is 20.2. The quantitative estimate of drug-likeness (QED) is 0.528. The van der Waals surface area contributed by atoms with Gasteiger partial charge in [0.2, 0.25) is 5.78 Å². The molecule has 4 rings (SSSR count). The van der Waals surface area contributed by atoms with E-state index in [1.54, 1.807) is 0 Å². The molecule has 0 radical (unpaired) electrons. The van der Waals surface area contributed by atoms with Gasteiger partial charge in [-0.25, -0.2) is 9.37 Å². The van der Waals surface area contributed by atoms with E-state index in [0.717, 1.165) is 17.8 Å².